The number of rotatable bonds is 7. The van der Waals surface area contributed by atoms with Crippen molar-refractivity contribution in [3.05, 3.63) is 28.7 Å². The maximum atomic E-state index is 11.5. The van der Waals surface area contributed by atoms with Crippen molar-refractivity contribution < 1.29 is 0 Å². The first-order valence-electron chi connectivity index (χ1n) is 6.17. The Balaban J connectivity index is 2.27. The lowest BCUT2D eigenvalue weighted by atomic mass is 10.2. The van der Waals surface area contributed by atoms with E-state index >= 15 is 0 Å². The predicted octanol–water partition coefficient (Wildman–Crippen LogP) is 2.60. The van der Waals surface area contributed by atoms with Crippen molar-refractivity contribution in [2.24, 2.45) is 5.92 Å². The van der Waals surface area contributed by atoms with Gasteiger partial charge in [0.15, 0.2) is 0 Å². The van der Waals surface area contributed by atoms with Gasteiger partial charge in [-0.1, -0.05) is 20.3 Å². The molecule has 0 amide bonds. The van der Waals surface area contributed by atoms with E-state index in [2.05, 4.69) is 13.8 Å². The molecule has 96 valence electrons. The molecule has 0 saturated carbocycles. The minimum absolute atomic E-state index is 0.0335. The maximum absolute atomic E-state index is 11.5. The lowest BCUT2D eigenvalue weighted by molar-refractivity contribution is 0.633. The van der Waals surface area contributed by atoms with E-state index in [0.29, 0.717) is 5.69 Å². The zero-order valence-electron chi connectivity index (χ0n) is 10.7. The zero-order valence-corrected chi connectivity index (χ0v) is 11.5. The highest BCUT2D eigenvalue weighted by Gasteiger charge is 2.00. The van der Waals surface area contributed by atoms with Crippen LogP contribution >= 0.6 is 11.8 Å². The fraction of sp³-hybridized carbons (Fsp3) is 0.615. The first-order valence-corrected chi connectivity index (χ1v) is 7.32. The van der Waals surface area contributed by atoms with Crippen LogP contribution in [-0.4, -0.2) is 16.1 Å². The van der Waals surface area contributed by atoms with Crippen molar-refractivity contribution in [3.63, 3.8) is 0 Å². The minimum atomic E-state index is 0.0335. The van der Waals surface area contributed by atoms with Gasteiger partial charge in [0.1, 0.15) is 0 Å². The van der Waals surface area contributed by atoms with E-state index in [1.807, 2.05) is 11.8 Å². The van der Waals surface area contributed by atoms with Crippen LogP contribution < -0.4 is 11.3 Å². The Bertz CT molecular complexity index is 389. The fourth-order valence-electron chi connectivity index (χ4n) is 1.46. The number of hydrogen-bond acceptors (Lipinski definition) is 3. The molecular weight excluding hydrogens is 232 g/mol. The molecule has 0 aliphatic heterocycles. The first-order chi connectivity index (χ1) is 8.13. The normalized spacial score (nSPS) is 12.6. The van der Waals surface area contributed by atoms with Gasteiger partial charge in [-0.05, 0) is 29.9 Å². The van der Waals surface area contributed by atoms with E-state index in [-0.39, 0.29) is 5.56 Å². The van der Waals surface area contributed by atoms with E-state index in [4.69, 9.17) is 5.73 Å². The summed E-state index contributed by atoms with van der Waals surface area (Å²) >= 11 is 1.97. The summed E-state index contributed by atoms with van der Waals surface area (Å²) in [6, 6.07) is 3.18. The molecule has 17 heavy (non-hydrogen) atoms. The van der Waals surface area contributed by atoms with Crippen molar-refractivity contribution in [2.75, 3.05) is 17.2 Å². The average Bonchev–Trinajstić information content (AvgIpc) is 2.32. The molecule has 0 spiro atoms. The molecule has 1 rings (SSSR count). The Labute approximate surface area is 107 Å². The van der Waals surface area contributed by atoms with Crippen molar-refractivity contribution in [3.8, 4) is 0 Å². The lowest BCUT2D eigenvalue weighted by Crippen LogP contribution is -2.19. The Kier molecular flexibility index (Phi) is 6.19. The third-order valence-corrected chi connectivity index (χ3v) is 4.18. The number of aromatic nitrogens is 1. The molecule has 0 aliphatic rings. The molecule has 0 aliphatic carbocycles. The number of nitrogens with two attached hydrogens (primary N) is 1. The highest BCUT2D eigenvalue weighted by Crippen LogP contribution is 2.12. The molecular formula is C13H22N2OS. The molecule has 1 atom stereocenters. The molecule has 1 heterocycles. The van der Waals surface area contributed by atoms with Crippen LogP contribution in [0.5, 0.6) is 0 Å². The summed E-state index contributed by atoms with van der Waals surface area (Å²) < 4.78 is 1.69. The summed E-state index contributed by atoms with van der Waals surface area (Å²) in [5, 5.41) is 0. The molecule has 0 saturated heterocycles. The Morgan fingerprint density at radius 1 is 1.47 bits per heavy atom. The van der Waals surface area contributed by atoms with Gasteiger partial charge in [0.05, 0.1) is 0 Å². The van der Waals surface area contributed by atoms with Gasteiger partial charge >= 0.3 is 0 Å². The molecule has 0 radical (unpaired) electrons. The highest BCUT2D eigenvalue weighted by atomic mass is 32.2. The molecule has 0 fully saturated rings. The third kappa shape index (κ3) is 5.31. The number of nitrogen functional groups attached to an aromatic ring is 1. The molecule has 3 nitrogen and oxygen atoms in total. The quantitative estimate of drug-likeness (QED) is 0.761. The van der Waals surface area contributed by atoms with Crippen LogP contribution in [0.15, 0.2) is 23.1 Å². The van der Waals surface area contributed by atoms with Crippen LogP contribution in [0.25, 0.3) is 0 Å². The fourth-order valence-corrected chi connectivity index (χ4v) is 2.60. The zero-order chi connectivity index (χ0) is 12.7. The second-order valence-corrected chi connectivity index (χ2v) is 5.59. The topological polar surface area (TPSA) is 48.0 Å². The third-order valence-electron chi connectivity index (χ3n) is 2.79. The summed E-state index contributed by atoms with van der Waals surface area (Å²) in [4.78, 5) is 11.5. The summed E-state index contributed by atoms with van der Waals surface area (Å²) in [7, 11) is 0. The van der Waals surface area contributed by atoms with Crippen LogP contribution in [0, 0.1) is 5.92 Å². The van der Waals surface area contributed by atoms with Crippen LogP contribution in [0.3, 0.4) is 0 Å². The van der Waals surface area contributed by atoms with Crippen molar-refractivity contribution >= 4 is 17.4 Å². The molecule has 4 heteroatoms. The highest BCUT2D eigenvalue weighted by molar-refractivity contribution is 7.99. The molecule has 0 bridgehead atoms. The second kappa shape index (κ2) is 7.43. The van der Waals surface area contributed by atoms with Gasteiger partial charge in [-0.2, -0.15) is 11.8 Å². The molecule has 1 aromatic rings. The van der Waals surface area contributed by atoms with Crippen molar-refractivity contribution in [2.45, 2.75) is 33.2 Å². The number of anilines is 1. The van der Waals surface area contributed by atoms with E-state index in [1.54, 1.807) is 16.8 Å². The molecule has 0 aromatic carbocycles. The van der Waals surface area contributed by atoms with E-state index < -0.39 is 0 Å². The number of aryl methyl sites for hydroxylation is 1. The number of nitrogens with zero attached hydrogens (tertiary/aromatic N) is 1. The van der Waals surface area contributed by atoms with Gasteiger partial charge in [-0.25, -0.2) is 0 Å². The lowest BCUT2D eigenvalue weighted by Gasteiger charge is -2.08. The van der Waals surface area contributed by atoms with Gasteiger partial charge in [0, 0.05) is 24.5 Å². The monoisotopic (exact) mass is 254 g/mol. The molecule has 1 aromatic heterocycles. The van der Waals surface area contributed by atoms with Gasteiger partial charge in [0.25, 0.3) is 5.56 Å². The van der Waals surface area contributed by atoms with Gasteiger partial charge in [-0.3, -0.25) is 4.79 Å². The van der Waals surface area contributed by atoms with Crippen molar-refractivity contribution in [1.29, 1.82) is 0 Å². The van der Waals surface area contributed by atoms with Crippen LogP contribution in [-0.2, 0) is 6.54 Å². The smallest absolute Gasteiger partial charge is 0.250 e. The van der Waals surface area contributed by atoms with E-state index in [9.17, 15) is 4.79 Å². The van der Waals surface area contributed by atoms with Crippen LogP contribution in [0.1, 0.15) is 26.7 Å². The Morgan fingerprint density at radius 2 is 2.24 bits per heavy atom. The number of hydrogen-bond donors (Lipinski definition) is 1. The number of thioether (sulfide) groups is 1. The second-order valence-electron chi connectivity index (χ2n) is 4.44. The Hall–Kier alpha value is -0.900. The average molecular weight is 254 g/mol. The van der Waals surface area contributed by atoms with Crippen LogP contribution in [0.4, 0.5) is 5.69 Å². The van der Waals surface area contributed by atoms with Crippen LogP contribution in [0.2, 0.25) is 0 Å². The summed E-state index contributed by atoms with van der Waals surface area (Å²) in [5.41, 5.74) is 6.33. The Morgan fingerprint density at radius 3 is 2.94 bits per heavy atom. The van der Waals surface area contributed by atoms with Gasteiger partial charge in [-0.15, -0.1) is 0 Å². The van der Waals surface area contributed by atoms with E-state index in [1.165, 1.54) is 18.2 Å². The van der Waals surface area contributed by atoms with Crippen molar-refractivity contribution in [1.82, 2.24) is 4.57 Å². The predicted molar refractivity (Wildman–Crippen MR) is 76.5 cm³/mol. The SMILES string of the molecule is CCC(C)CSCCCn1cc(N)ccc1=O. The van der Waals surface area contributed by atoms with Gasteiger partial charge in [0.2, 0.25) is 0 Å². The largest absolute Gasteiger partial charge is 0.398 e. The number of pyridine rings is 1. The molecule has 1 unspecified atom stereocenters. The van der Waals surface area contributed by atoms with E-state index in [0.717, 1.165) is 24.6 Å². The minimum Gasteiger partial charge on any atom is -0.398 e. The summed E-state index contributed by atoms with van der Waals surface area (Å²) in [6.07, 6.45) is 3.98. The first kappa shape index (κ1) is 14.2. The summed E-state index contributed by atoms with van der Waals surface area (Å²) in [5.74, 6) is 3.10. The standard InChI is InChI=1S/C13H22N2OS/c1-3-11(2)10-17-8-4-7-15-9-12(14)5-6-13(15)16/h5-6,9,11H,3-4,7-8,10,14H2,1-2H3. The summed E-state index contributed by atoms with van der Waals surface area (Å²) in [6.45, 7) is 5.25. The molecule has 2 N–H and O–H groups in total. The maximum Gasteiger partial charge on any atom is 0.250 e. The van der Waals surface area contributed by atoms with Gasteiger partial charge < -0.3 is 10.3 Å².